The SMILES string of the molecule is Cn1c(=O)c2c(nc(Cl)n2Cc2coc(-c3cccs3)n2)n(C)c1=O. The number of imidazole rings is 1. The van der Waals surface area contributed by atoms with Gasteiger partial charge in [0.2, 0.25) is 11.2 Å². The lowest BCUT2D eigenvalue weighted by atomic mass is 10.4. The zero-order chi connectivity index (χ0) is 17.7. The molecule has 4 rings (SSSR count). The largest absolute Gasteiger partial charge is 0.443 e. The highest BCUT2D eigenvalue weighted by atomic mass is 35.5. The molecule has 25 heavy (non-hydrogen) atoms. The van der Waals surface area contributed by atoms with Crippen LogP contribution in [0.15, 0.2) is 37.8 Å². The normalized spacial score (nSPS) is 11.5. The van der Waals surface area contributed by atoms with E-state index in [1.54, 1.807) is 7.05 Å². The Bertz CT molecular complexity index is 1200. The second-order valence-corrected chi connectivity index (χ2v) is 6.75. The van der Waals surface area contributed by atoms with E-state index in [2.05, 4.69) is 9.97 Å². The minimum Gasteiger partial charge on any atom is -0.443 e. The van der Waals surface area contributed by atoms with Gasteiger partial charge in [0.25, 0.3) is 5.56 Å². The summed E-state index contributed by atoms with van der Waals surface area (Å²) >= 11 is 7.72. The van der Waals surface area contributed by atoms with Crippen LogP contribution in [0.5, 0.6) is 0 Å². The van der Waals surface area contributed by atoms with Crippen LogP contribution in [0, 0.1) is 0 Å². The standard InChI is InChI=1S/C15H12ClN5O3S/c1-19-11-10(13(22)20(2)15(19)23)21(14(16)18-11)6-8-7-24-12(17-8)9-4-3-5-25-9/h3-5,7H,6H2,1-2H3. The molecule has 4 heterocycles. The molecule has 0 atom stereocenters. The monoisotopic (exact) mass is 377 g/mol. The van der Waals surface area contributed by atoms with E-state index in [9.17, 15) is 9.59 Å². The molecular formula is C15H12ClN5O3S. The van der Waals surface area contributed by atoms with Crippen LogP contribution in [0.25, 0.3) is 21.9 Å². The Morgan fingerprint density at radius 2 is 2.04 bits per heavy atom. The molecule has 4 aromatic heterocycles. The third-order valence-corrected chi connectivity index (χ3v) is 5.05. The van der Waals surface area contributed by atoms with Crippen molar-refractivity contribution in [1.82, 2.24) is 23.7 Å². The lowest BCUT2D eigenvalue weighted by molar-refractivity contribution is 0.573. The van der Waals surface area contributed by atoms with Gasteiger partial charge in [-0.15, -0.1) is 11.3 Å². The molecule has 0 aliphatic rings. The van der Waals surface area contributed by atoms with Gasteiger partial charge >= 0.3 is 5.69 Å². The van der Waals surface area contributed by atoms with Crippen molar-refractivity contribution in [3.63, 3.8) is 0 Å². The third kappa shape index (κ3) is 2.43. The molecule has 0 bridgehead atoms. The molecule has 0 N–H and O–H groups in total. The fourth-order valence-corrected chi connectivity index (χ4v) is 3.50. The third-order valence-electron chi connectivity index (χ3n) is 3.91. The fourth-order valence-electron chi connectivity index (χ4n) is 2.62. The summed E-state index contributed by atoms with van der Waals surface area (Å²) in [6, 6.07) is 3.82. The molecular weight excluding hydrogens is 366 g/mol. The Hall–Kier alpha value is -2.65. The summed E-state index contributed by atoms with van der Waals surface area (Å²) in [5.41, 5.74) is 0.163. The lowest BCUT2D eigenvalue weighted by Crippen LogP contribution is -2.37. The molecule has 128 valence electrons. The molecule has 10 heteroatoms. The van der Waals surface area contributed by atoms with E-state index >= 15 is 0 Å². The van der Waals surface area contributed by atoms with Gasteiger partial charge in [0, 0.05) is 14.1 Å². The average molecular weight is 378 g/mol. The minimum atomic E-state index is -0.459. The Morgan fingerprint density at radius 1 is 1.24 bits per heavy atom. The molecule has 0 fully saturated rings. The molecule has 4 aromatic rings. The number of oxazole rings is 1. The quantitative estimate of drug-likeness (QED) is 0.508. The van der Waals surface area contributed by atoms with Crippen molar-refractivity contribution in [2.24, 2.45) is 14.1 Å². The van der Waals surface area contributed by atoms with E-state index in [1.165, 1.54) is 33.8 Å². The molecule has 0 aliphatic heterocycles. The number of halogens is 1. The number of rotatable bonds is 3. The Labute approximate surface area is 149 Å². The summed E-state index contributed by atoms with van der Waals surface area (Å²) in [4.78, 5) is 34.0. The lowest BCUT2D eigenvalue weighted by Gasteiger charge is -2.05. The number of thiophene rings is 1. The molecule has 0 amide bonds. The van der Waals surface area contributed by atoms with Crippen molar-refractivity contribution in [2.45, 2.75) is 6.54 Å². The number of nitrogens with zero attached hydrogens (tertiary/aromatic N) is 5. The van der Waals surface area contributed by atoms with Crippen LogP contribution in [0.4, 0.5) is 0 Å². The highest BCUT2D eigenvalue weighted by Gasteiger charge is 2.19. The Balaban J connectivity index is 1.84. The van der Waals surface area contributed by atoms with E-state index in [-0.39, 0.29) is 23.0 Å². The maximum Gasteiger partial charge on any atom is 0.332 e. The summed E-state index contributed by atoms with van der Waals surface area (Å²) in [6.07, 6.45) is 1.52. The van der Waals surface area contributed by atoms with Crippen LogP contribution >= 0.6 is 22.9 Å². The van der Waals surface area contributed by atoms with E-state index < -0.39 is 11.2 Å². The van der Waals surface area contributed by atoms with Gasteiger partial charge < -0.3 is 8.98 Å². The molecule has 0 spiro atoms. The molecule has 0 aromatic carbocycles. The van der Waals surface area contributed by atoms with Crippen LogP contribution < -0.4 is 11.2 Å². The van der Waals surface area contributed by atoms with Gasteiger partial charge in [-0.3, -0.25) is 13.9 Å². The van der Waals surface area contributed by atoms with Crippen molar-refractivity contribution in [3.05, 3.63) is 55.6 Å². The van der Waals surface area contributed by atoms with Gasteiger partial charge in [0.1, 0.15) is 6.26 Å². The first-order valence-electron chi connectivity index (χ1n) is 7.27. The first-order chi connectivity index (χ1) is 12.0. The number of hydrogen-bond acceptors (Lipinski definition) is 6. The van der Waals surface area contributed by atoms with Gasteiger partial charge in [-0.25, -0.2) is 9.78 Å². The summed E-state index contributed by atoms with van der Waals surface area (Å²) in [6.45, 7) is 0.206. The summed E-state index contributed by atoms with van der Waals surface area (Å²) in [7, 11) is 2.96. The summed E-state index contributed by atoms with van der Waals surface area (Å²) < 4.78 is 9.33. The number of aryl methyl sites for hydroxylation is 1. The van der Waals surface area contributed by atoms with Gasteiger partial charge in [0.05, 0.1) is 17.1 Å². The smallest absolute Gasteiger partial charge is 0.332 e. The Morgan fingerprint density at radius 3 is 2.76 bits per heavy atom. The molecule has 0 saturated heterocycles. The summed E-state index contributed by atoms with van der Waals surface area (Å²) in [5.74, 6) is 0.505. The van der Waals surface area contributed by atoms with Crippen LogP contribution in [0.2, 0.25) is 5.28 Å². The number of hydrogen-bond donors (Lipinski definition) is 0. The van der Waals surface area contributed by atoms with Gasteiger partial charge in [0.15, 0.2) is 11.2 Å². The maximum atomic E-state index is 12.5. The summed E-state index contributed by atoms with van der Waals surface area (Å²) in [5, 5.41) is 2.04. The van der Waals surface area contributed by atoms with Crippen LogP contribution in [-0.2, 0) is 20.6 Å². The second kappa shape index (κ2) is 5.71. The minimum absolute atomic E-state index is 0.106. The van der Waals surface area contributed by atoms with Gasteiger partial charge in [-0.2, -0.15) is 4.98 Å². The van der Waals surface area contributed by atoms with Crippen molar-refractivity contribution < 1.29 is 4.42 Å². The van der Waals surface area contributed by atoms with Crippen molar-refractivity contribution in [1.29, 1.82) is 0 Å². The van der Waals surface area contributed by atoms with Crippen molar-refractivity contribution in [2.75, 3.05) is 0 Å². The molecule has 0 aliphatic carbocycles. The molecule has 0 saturated carbocycles. The molecule has 0 radical (unpaired) electrons. The second-order valence-electron chi connectivity index (χ2n) is 5.47. The predicted molar refractivity (Wildman–Crippen MR) is 94.1 cm³/mol. The Kier molecular flexibility index (Phi) is 3.62. The number of fused-ring (bicyclic) bond motifs is 1. The fraction of sp³-hybridized carbons (Fsp3) is 0.200. The number of aromatic nitrogens is 5. The van der Waals surface area contributed by atoms with Crippen LogP contribution in [0.3, 0.4) is 0 Å². The van der Waals surface area contributed by atoms with E-state index in [0.717, 1.165) is 9.44 Å². The predicted octanol–water partition coefficient (Wildman–Crippen LogP) is 1.85. The van der Waals surface area contributed by atoms with E-state index in [1.807, 2.05) is 17.5 Å². The van der Waals surface area contributed by atoms with Crippen LogP contribution in [-0.4, -0.2) is 23.7 Å². The van der Waals surface area contributed by atoms with Gasteiger partial charge in [-0.1, -0.05) is 6.07 Å². The maximum absolute atomic E-state index is 12.5. The first-order valence-corrected chi connectivity index (χ1v) is 8.53. The van der Waals surface area contributed by atoms with Gasteiger partial charge in [-0.05, 0) is 23.0 Å². The molecule has 8 nitrogen and oxygen atoms in total. The topological polar surface area (TPSA) is 87.8 Å². The highest BCUT2D eigenvalue weighted by molar-refractivity contribution is 7.13. The van der Waals surface area contributed by atoms with Crippen LogP contribution in [0.1, 0.15) is 5.69 Å². The van der Waals surface area contributed by atoms with Crippen molar-refractivity contribution in [3.8, 4) is 10.8 Å². The highest BCUT2D eigenvalue weighted by Crippen LogP contribution is 2.24. The van der Waals surface area contributed by atoms with E-state index in [0.29, 0.717) is 11.6 Å². The first kappa shape index (κ1) is 15.9. The van der Waals surface area contributed by atoms with Crippen molar-refractivity contribution >= 4 is 34.1 Å². The van der Waals surface area contributed by atoms with E-state index in [4.69, 9.17) is 16.0 Å². The zero-order valence-electron chi connectivity index (χ0n) is 13.3. The molecule has 0 unspecified atom stereocenters. The average Bonchev–Trinajstić information content (AvgIpc) is 3.32. The zero-order valence-corrected chi connectivity index (χ0v) is 14.8.